The van der Waals surface area contributed by atoms with Gasteiger partial charge in [-0.3, -0.25) is 0 Å². The predicted octanol–water partition coefficient (Wildman–Crippen LogP) is 5.95. The second-order valence-corrected chi connectivity index (χ2v) is 7.03. The Hall–Kier alpha value is -1.09. The van der Waals surface area contributed by atoms with Gasteiger partial charge in [-0.05, 0) is 31.0 Å². The van der Waals surface area contributed by atoms with Crippen LogP contribution in [0.3, 0.4) is 0 Å². The molecule has 1 aromatic carbocycles. The maximum Gasteiger partial charge on any atom is 0.0938 e. The van der Waals surface area contributed by atoms with E-state index in [0.717, 1.165) is 17.6 Å². The third kappa shape index (κ3) is 5.66. The van der Waals surface area contributed by atoms with Crippen LogP contribution in [0.2, 0.25) is 0 Å². The molecule has 2 aromatic rings. The molecule has 0 radical (unpaired) electrons. The molecule has 0 atom stereocenters. The summed E-state index contributed by atoms with van der Waals surface area (Å²) in [6.45, 7) is 2.27. The van der Waals surface area contributed by atoms with E-state index in [2.05, 4.69) is 11.9 Å². The average molecular weight is 305 g/mol. The first-order valence-electron chi connectivity index (χ1n) is 8.44. The number of anilines is 1. The minimum atomic E-state index is 0.834. The molecule has 0 aliphatic carbocycles. The van der Waals surface area contributed by atoms with E-state index < -0.39 is 0 Å². The van der Waals surface area contributed by atoms with Crippen LogP contribution in [0.15, 0.2) is 18.2 Å². The lowest BCUT2D eigenvalue weighted by molar-refractivity contribution is 0.564. The molecule has 1 heterocycles. The number of aryl methyl sites for hydroxylation is 1. The zero-order chi connectivity index (χ0) is 14.9. The van der Waals surface area contributed by atoms with Crippen LogP contribution in [-0.2, 0) is 6.42 Å². The molecule has 1 aromatic heterocycles. The van der Waals surface area contributed by atoms with Crippen LogP contribution >= 0.6 is 11.3 Å². The van der Waals surface area contributed by atoms with Gasteiger partial charge in [-0.15, -0.1) is 11.3 Å². The lowest BCUT2D eigenvalue weighted by Crippen LogP contribution is -1.85. The third-order valence-corrected chi connectivity index (χ3v) is 5.03. The Morgan fingerprint density at radius 3 is 2.33 bits per heavy atom. The van der Waals surface area contributed by atoms with Gasteiger partial charge in [0, 0.05) is 5.69 Å². The van der Waals surface area contributed by atoms with Gasteiger partial charge in [0.2, 0.25) is 0 Å². The van der Waals surface area contributed by atoms with Crippen LogP contribution in [0.4, 0.5) is 5.69 Å². The van der Waals surface area contributed by atoms with Crippen LogP contribution in [0, 0.1) is 0 Å². The van der Waals surface area contributed by atoms with Gasteiger partial charge < -0.3 is 5.73 Å². The van der Waals surface area contributed by atoms with Gasteiger partial charge in [-0.25, -0.2) is 4.98 Å². The van der Waals surface area contributed by atoms with E-state index in [9.17, 15) is 0 Å². The molecule has 0 aliphatic rings. The van der Waals surface area contributed by atoms with Crippen molar-refractivity contribution >= 4 is 27.2 Å². The highest BCUT2D eigenvalue weighted by Gasteiger charge is 2.03. The smallest absolute Gasteiger partial charge is 0.0938 e. The number of unbranched alkanes of at least 4 members (excludes halogenated alkanes) is 8. The van der Waals surface area contributed by atoms with Crippen LogP contribution in [0.25, 0.3) is 10.2 Å². The second-order valence-electron chi connectivity index (χ2n) is 5.91. The number of aromatic nitrogens is 1. The van der Waals surface area contributed by atoms with Gasteiger partial charge in [-0.1, -0.05) is 58.3 Å². The Balaban J connectivity index is 1.59. The van der Waals surface area contributed by atoms with E-state index in [1.54, 1.807) is 11.3 Å². The molecule has 0 fully saturated rings. The molecule has 0 amide bonds. The fourth-order valence-electron chi connectivity index (χ4n) is 2.68. The number of thiazole rings is 1. The summed E-state index contributed by atoms with van der Waals surface area (Å²) in [5.41, 5.74) is 7.74. The quantitative estimate of drug-likeness (QED) is 0.435. The molecule has 0 spiro atoms. The largest absolute Gasteiger partial charge is 0.399 e. The summed E-state index contributed by atoms with van der Waals surface area (Å²) in [6.07, 6.45) is 13.5. The second kappa shape index (κ2) is 9.04. The van der Waals surface area contributed by atoms with Crippen molar-refractivity contribution in [3.8, 4) is 0 Å². The Bertz CT molecular complexity index is 533. The van der Waals surface area contributed by atoms with Gasteiger partial charge in [0.1, 0.15) is 0 Å². The first kappa shape index (κ1) is 16.3. The molecule has 0 saturated heterocycles. The molecule has 3 heteroatoms. The lowest BCUT2D eigenvalue weighted by Gasteiger charge is -2.01. The van der Waals surface area contributed by atoms with Crippen molar-refractivity contribution < 1.29 is 0 Å². The van der Waals surface area contributed by atoms with Crippen molar-refractivity contribution in [2.75, 3.05) is 5.73 Å². The molecule has 21 heavy (non-hydrogen) atoms. The Labute approximate surface area is 132 Å². The topological polar surface area (TPSA) is 38.9 Å². The minimum Gasteiger partial charge on any atom is -0.399 e. The van der Waals surface area contributed by atoms with Crippen LogP contribution in [-0.4, -0.2) is 4.98 Å². The van der Waals surface area contributed by atoms with E-state index in [-0.39, 0.29) is 0 Å². The normalized spacial score (nSPS) is 11.3. The van der Waals surface area contributed by atoms with E-state index in [1.807, 2.05) is 18.2 Å². The van der Waals surface area contributed by atoms with Gasteiger partial charge in [0.05, 0.1) is 15.2 Å². The van der Waals surface area contributed by atoms with Gasteiger partial charge in [-0.2, -0.15) is 0 Å². The Morgan fingerprint density at radius 1 is 0.952 bits per heavy atom. The summed E-state index contributed by atoms with van der Waals surface area (Å²) in [7, 11) is 0. The highest BCUT2D eigenvalue weighted by molar-refractivity contribution is 7.18. The van der Waals surface area contributed by atoms with Gasteiger partial charge in [0.25, 0.3) is 0 Å². The molecule has 0 unspecified atom stereocenters. The monoisotopic (exact) mass is 304 g/mol. The zero-order valence-electron chi connectivity index (χ0n) is 13.2. The van der Waals surface area contributed by atoms with Gasteiger partial charge >= 0.3 is 0 Å². The number of benzene rings is 1. The van der Waals surface area contributed by atoms with E-state index >= 15 is 0 Å². The van der Waals surface area contributed by atoms with Crippen molar-refractivity contribution in [2.24, 2.45) is 0 Å². The van der Waals surface area contributed by atoms with E-state index in [0.29, 0.717) is 0 Å². The highest BCUT2D eigenvalue weighted by Crippen LogP contribution is 2.25. The maximum atomic E-state index is 5.81. The number of nitrogen functional groups attached to an aromatic ring is 1. The standard InChI is InChI=1S/C18H28N2S/c1-2-3-4-5-6-7-8-9-10-11-18-20-16-13-12-15(19)14-17(16)21-18/h12-14H,2-11,19H2,1H3. The van der Waals surface area contributed by atoms with E-state index in [1.165, 1.54) is 67.5 Å². The summed E-state index contributed by atoms with van der Waals surface area (Å²) in [5, 5.41) is 1.26. The summed E-state index contributed by atoms with van der Waals surface area (Å²) >= 11 is 1.80. The number of nitrogens with two attached hydrogens (primary N) is 1. The molecule has 0 saturated carbocycles. The molecular weight excluding hydrogens is 276 g/mol. The van der Waals surface area contributed by atoms with Crippen molar-refractivity contribution in [3.63, 3.8) is 0 Å². The SMILES string of the molecule is CCCCCCCCCCCc1nc2ccc(N)cc2s1. The molecule has 0 bridgehead atoms. The first-order valence-corrected chi connectivity index (χ1v) is 9.26. The zero-order valence-corrected chi connectivity index (χ0v) is 14.1. The fourth-order valence-corrected chi connectivity index (χ4v) is 3.74. The summed E-state index contributed by atoms with van der Waals surface area (Å²) in [5.74, 6) is 0. The number of nitrogens with zero attached hydrogens (tertiary/aromatic N) is 1. The first-order chi connectivity index (χ1) is 10.3. The van der Waals surface area contributed by atoms with Crippen molar-refractivity contribution in [1.29, 1.82) is 0 Å². The van der Waals surface area contributed by atoms with Crippen molar-refractivity contribution in [1.82, 2.24) is 4.98 Å². The van der Waals surface area contributed by atoms with Crippen LogP contribution in [0.1, 0.15) is 69.7 Å². The molecular formula is C18H28N2S. The van der Waals surface area contributed by atoms with Gasteiger partial charge in [0.15, 0.2) is 0 Å². The number of hydrogen-bond donors (Lipinski definition) is 1. The average Bonchev–Trinajstić information content (AvgIpc) is 2.87. The molecule has 2 rings (SSSR count). The van der Waals surface area contributed by atoms with Crippen molar-refractivity contribution in [3.05, 3.63) is 23.2 Å². The predicted molar refractivity (Wildman–Crippen MR) is 95.0 cm³/mol. The van der Waals surface area contributed by atoms with Crippen LogP contribution < -0.4 is 5.73 Å². The van der Waals surface area contributed by atoms with E-state index in [4.69, 9.17) is 5.73 Å². The summed E-state index contributed by atoms with van der Waals surface area (Å²) in [6, 6.07) is 6.00. The molecule has 0 aliphatic heterocycles. The summed E-state index contributed by atoms with van der Waals surface area (Å²) in [4.78, 5) is 4.68. The fraction of sp³-hybridized carbons (Fsp3) is 0.611. The Kier molecular flexibility index (Phi) is 7.01. The lowest BCUT2D eigenvalue weighted by atomic mass is 10.1. The number of hydrogen-bond acceptors (Lipinski definition) is 3. The minimum absolute atomic E-state index is 0.834. The number of rotatable bonds is 10. The molecule has 2 N–H and O–H groups in total. The third-order valence-electron chi connectivity index (χ3n) is 3.95. The Morgan fingerprint density at radius 2 is 1.62 bits per heavy atom. The number of fused-ring (bicyclic) bond motifs is 1. The van der Waals surface area contributed by atoms with Crippen molar-refractivity contribution in [2.45, 2.75) is 71.1 Å². The molecule has 2 nitrogen and oxygen atoms in total. The van der Waals surface area contributed by atoms with Crippen LogP contribution in [0.5, 0.6) is 0 Å². The maximum absolute atomic E-state index is 5.81. The molecule has 116 valence electrons. The highest BCUT2D eigenvalue weighted by atomic mass is 32.1. The summed E-state index contributed by atoms with van der Waals surface area (Å²) < 4.78 is 1.22.